The van der Waals surface area contributed by atoms with E-state index in [1.165, 1.54) is 13.2 Å². The molecule has 0 aliphatic carbocycles. The van der Waals surface area contributed by atoms with Gasteiger partial charge in [0.25, 0.3) is 15.0 Å². The smallest absolute Gasteiger partial charge is 0.416 e. The highest BCUT2D eigenvalue weighted by molar-refractivity contribution is 8.13. The number of fused-ring (bicyclic) bond motifs is 1. The minimum Gasteiger partial charge on any atom is -0.495 e. The molecular formula is C16H11ClF3NO5S. The van der Waals surface area contributed by atoms with E-state index in [0.29, 0.717) is 0 Å². The van der Waals surface area contributed by atoms with Crippen LogP contribution in [0.25, 0.3) is 0 Å². The lowest BCUT2D eigenvalue weighted by Gasteiger charge is -2.30. The predicted molar refractivity (Wildman–Crippen MR) is 90.1 cm³/mol. The fourth-order valence-corrected chi connectivity index (χ4v) is 3.35. The highest BCUT2D eigenvalue weighted by Gasteiger charge is 2.34. The van der Waals surface area contributed by atoms with E-state index < -0.39 is 33.3 Å². The van der Waals surface area contributed by atoms with Gasteiger partial charge in [0.1, 0.15) is 11.5 Å². The van der Waals surface area contributed by atoms with E-state index in [0.717, 1.165) is 35.2 Å². The maximum absolute atomic E-state index is 12.9. The van der Waals surface area contributed by atoms with E-state index in [4.69, 9.17) is 20.2 Å². The topological polar surface area (TPSA) is 72.9 Å². The number of amides is 1. The van der Waals surface area contributed by atoms with Crippen molar-refractivity contribution in [2.24, 2.45) is 0 Å². The molecule has 0 bridgehead atoms. The zero-order chi connectivity index (χ0) is 20.0. The number of halogens is 4. The third-order valence-electron chi connectivity index (χ3n) is 3.80. The van der Waals surface area contributed by atoms with Crippen LogP contribution in [0.5, 0.6) is 11.5 Å². The molecule has 11 heteroatoms. The molecule has 0 saturated heterocycles. The molecular weight excluding hydrogens is 411 g/mol. The summed E-state index contributed by atoms with van der Waals surface area (Å²) in [4.78, 5) is 13.2. The van der Waals surface area contributed by atoms with Gasteiger partial charge < -0.3 is 9.47 Å². The second kappa shape index (κ2) is 6.61. The Morgan fingerprint density at radius 1 is 1.15 bits per heavy atom. The second-order valence-corrected chi connectivity index (χ2v) is 8.04. The molecule has 0 aromatic heterocycles. The van der Waals surface area contributed by atoms with Crippen molar-refractivity contribution in [3.63, 3.8) is 0 Å². The number of rotatable bonds is 3. The molecule has 2 aromatic carbocycles. The van der Waals surface area contributed by atoms with Crippen molar-refractivity contribution in [1.82, 2.24) is 0 Å². The minimum absolute atomic E-state index is 0.0401. The Labute approximate surface area is 156 Å². The Morgan fingerprint density at radius 2 is 1.81 bits per heavy atom. The highest BCUT2D eigenvalue weighted by Crippen LogP contribution is 2.44. The van der Waals surface area contributed by atoms with Crippen molar-refractivity contribution in [1.29, 1.82) is 0 Å². The van der Waals surface area contributed by atoms with Crippen LogP contribution in [0, 0.1) is 0 Å². The Bertz CT molecular complexity index is 1020. The van der Waals surface area contributed by atoms with Crippen LogP contribution in [0.1, 0.15) is 5.56 Å². The number of nitrogens with zero attached hydrogens (tertiary/aromatic N) is 1. The maximum atomic E-state index is 12.9. The predicted octanol–water partition coefficient (Wildman–Crippen LogP) is 3.70. The van der Waals surface area contributed by atoms with Gasteiger partial charge >= 0.3 is 6.18 Å². The summed E-state index contributed by atoms with van der Waals surface area (Å²) < 4.78 is 72.0. The average Bonchev–Trinajstić information content (AvgIpc) is 2.59. The first kappa shape index (κ1) is 19.3. The van der Waals surface area contributed by atoms with Crippen LogP contribution in [0.3, 0.4) is 0 Å². The molecule has 1 heterocycles. The first-order valence-corrected chi connectivity index (χ1v) is 9.63. The molecule has 2 aromatic rings. The monoisotopic (exact) mass is 421 g/mol. The van der Waals surface area contributed by atoms with Crippen molar-refractivity contribution >= 4 is 37.0 Å². The van der Waals surface area contributed by atoms with Crippen molar-refractivity contribution in [3.05, 3.63) is 42.0 Å². The summed E-state index contributed by atoms with van der Waals surface area (Å²) in [6.45, 7) is -0.442. The molecule has 0 unspecified atom stereocenters. The molecule has 6 nitrogen and oxygen atoms in total. The quantitative estimate of drug-likeness (QED) is 0.707. The second-order valence-electron chi connectivity index (χ2n) is 5.47. The number of carbonyl (C=O) groups is 1. The van der Waals surface area contributed by atoms with Gasteiger partial charge in [-0.15, -0.1) is 0 Å². The van der Waals surface area contributed by atoms with Gasteiger partial charge in [-0.2, -0.15) is 13.2 Å². The largest absolute Gasteiger partial charge is 0.495 e. The summed E-state index contributed by atoms with van der Waals surface area (Å²) >= 11 is 0. The van der Waals surface area contributed by atoms with Gasteiger partial charge in [0.15, 0.2) is 6.61 Å². The lowest BCUT2D eigenvalue weighted by Crippen LogP contribution is -2.35. The Hall–Kier alpha value is -2.46. The first-order valence-electron chi connectivity index (χ1n) is 7.32. The fraction of sp³-hybridized carbons (Fsp3) is 0.188. The van der Waals surface area contributed by atoms with Gasteiger partial charge in [-0.25, -0.2) is 8.42 Å². The van der Waals surface area contributed by atoms with Gasteiger partial charge in [-0.05, 0) is 30.3 Å². The molecule has 1 amide bonds. The Balaban J connectivity index is 2.14. The van der Waals surface area contributed by atoms with Crippen LogP contribution >= 0.6 is 10.7 Å². The van der Waals surface area contributed by atoms with Crippen molar-refractivity contribution in [2.45, 2.75) is 11.1 Å². The van der Waals surface area contributed by atoms with Crippen LogP contribution in [0.4, 0.5) is 24.5 Å². The van der Waals surface area contributed by atoms with E-state index in [-0.39, 0.29) is 27.8 Å². The van der Waals surface area contributed by atoms with E-state index in [2.05, 4.69) is 0 Å². The first-order chi connectivity index (χ1) is 12.5. The van der Waals surface area contributed by atoms with E-state index in [1.54, 1.807) is 0 Å². The zero-order valence-corrected chi connectivity index (χ0v) is 15.2. The normalized spacial score (nSPS) is 14.6. The summed E-state index contributed by atoms with van der Waals surface area (Å²) in [7, 11) is 2.45. The number of carbonyl (C=O) groups excluding carboxylic acids is 1. The number of alkyl halides is 3. The lowest BCUT2D eigenvalue weighted by atomic mass is 10.1. The van der Waals surface area contributed by atoms with Gasteiger partial charge in [-0.3, -0.25) is 9.69 Å². The Kier molecular flexibility index (Phi) is 4.73. The standard InChI is InChI=1S/C16H11ClF3NO5S/c1-25-13-6-9(16(18,19)20)2-4-11(13)21-12-5-3-10(27(17,23)24)7-14(12)26-8-15(21)22/h2-7H,8H2,1H3. The number of methoxy groups -OCH3 is 1. The van der Waals surface area contributed by atoms with E-state index in [1.807, 2.05) is 0 Å². The molecule has 1 aliphatic rings. The molecule has 0 fully saturated rings. The molecule has 144 valence electrons. The third-order valence-corrected chi connectivity index (χ3v) is 5.15. The average molecular weight is 422 g/mol. The van der Waals surface area contributed by atoms with Gasteiger partial charge in [0, 0.05) is 16.7 Å². The van der Waals surface area contributed by atoms with Crippen molar-refractivity contribution in [2.75, 3.05) is 18.6 Å². The zero-order valence-electron chi connectivity index (χ0n) is 13.6. The van der Waals surface area contributed by atoms with E-state index in [9.17, 15) is 26.4 Å². The fourth-order valence-electron chi connectivity index (χ4n) is 2.59. The third kappa shape index (κ3) is 3.67. The summed E-state index contributed by atoms with van der Waals surface area (Å²) in [6.07, 6.45) is -4.58. The molecule has 0 saturated carbocycles. The number of ether oxygens (including phenoxy) is 2. The van der Waals surface area contributed by atoms with Crippen LogP contribution in [-0.2, 0) is 20.0 Å². The van der Waals surface area contributed by atoms with Crippen LogP contribution in [0.15, 0.2) is 41.3 Å². The Morgan fingerprint density at radius 3 is 2.41 bits per heavy atom. The number of hydrogen-bond donors (Lipinski definition) is 0. The van der Waals surface area contributed by atoms with Crippen molar-refractivity contribution in [3.8, 4) is 11.5 Å². The molecule has 0 atom stereocenters. The summed E-state index contributed by atoms with van der Waals surface area (Å²) in [6, 6.07) is 6.26. The minimum atomic E-state index is -4.58. The summed E-state index contributed by atoms with van der Waals surface area (Å²) in [5, 5.41) is 0. The van der Waals surface area contributed by atoms with Crippen LogP contribution < -0.4 is 14.4 Å². The number of hydrogen-bond acceptors (Lipinski definition) is 5. The van der Waals surface area contributed by atoms with Crippen LogP contribution in [0.2, 0.25) is 0 Å². The molecule has 3 rings (SSSR count). The van der Waals surface area contributed by atoms with Gasteiger partial charge in [0.2, 0.25) is 0 Å². The lowest BCUT2D eigenvalue weighted by molar-refractivity contribution is -0.137. The molecule has 0 N–H and O–H groups in total. The number of anilines is 2. The summed E-state index contributed by atoms with van der Waals surface area (Å²) in [5.41, 5.74) is -0.734. The summed E-state index contributed by atoms with van der Waals surface area (Å²) in [5.74, 6) is -0.708. The molecule has 1 aliphatic heterocycles. The maximum Gasteiger partial charge on any atom is 0.416 e. The molecule has 0 spiro atoms. The SMILES string of the molecule is COc1cc(C(F)(F)F)ccc1N1C(=O)COc2cc(S(=O)(=O)Cl)ccc21. The van der Waals surface area contributed by atoms with Crippen LogP contribution in [-0.4, -0.2) is 28.0 Å². The van der Waals surface area contributed by atoms with Gasteiger partial charge in [-0.1, -0.05) is 0 Å². The van der Waals surface area contributed by atoms with Gasteiger partial charge in [0.05, 0.1) is 28.9 Å². The molecule has 27 heavy (non-hydrogen) atoms. The molecule has 0 radical (unpaired) electrons. The van der Waals surface area contributed by atoms with E-state index >= 15 is 0 Å². The van der Waals surface area contributed by atoms with Crippen molar-refractivity contribution < 1.29 is 35.9 Å². The number of benzene rings is 2. The highest BCUT2D eigenvalue weighted by atomic mass is 35.7.